The average Bonchev–Trinajstić information content (AvgIpc) is 2.69. The van der Waals surface area contributed by atoms with E-state index in [0.717, 1.165) is 41.0 Å². The number of allylic oxidation sites excluding steroid dienone is 5. The van der Waals surface area contributed by atoms with Gasteiger partial charge in [0.15, 0.2) is 0 Å². The lowest BCUT2D eigenvalue weighted by Crippen LogP contribution is -1.97. The van der Waals surface area contributed by atoms with Crippen molar-refractivity contribution in [2.75, 3.05) is 0 Å². The molecule has 0 aliphatic rings. The smallest absolute Gasteiger partial charge is 0.219 e. The Kier molecular flexibility index (Phi) is 6.91. The summed E-state index contributed by atoms with van der Waals surface area (Å²) in [6.07, 6.45) is 13.1. The third-order valence-corrected chi connectivity index (χ3v) is 4.06. The van der Waals surface area contributed by atoms with Crippen LogP contribution in [-0.2, 0) is 12.8 Å². The van der Waals surface area contributed by atoms with Crippen molar-refractivity contribution >= 4 is 0 Å². The molecule has 0 N–H and O–H groups in total. The molecule has 0 atom stereocenters. The minimum Gasteiger partial charge on any atom is -0.439 e. The molecule has 0 spiro atoms. The van der Waals surface area contributed by atoms with Gasteiger partial charge in [0.2, 0.25) is 5.88 Å². The van der Waals surface area contributed by atoms with Crippen LogP contribution in [0, 0.1) is 0 Å². The van der Waals surface area contributed by atoms with Crippen molar-refractivity contribution in [2.24, 2.45) is 0 Å². The molecule has 2 aromatic heterocycles. The van der Waals surface area contributed by atoms with Crippen molar-refractivity contribution in [3.8, 4) is 11.6 Å². The lowest BCUT2D eigenvalue weighted by atomic mass is 10.0. The van der Waals surface area contributed by atoms with Crippen LogP contribution in [0.4, 0.5) is 0 Å². The molecule has 2 heterocycles. The quantitative estimate of drug-likeness (QED) is 0.451. The Morgan fingerprint density at radius 1 is 0.964 bits per heavy atom. The van der Waals surface area contributed by atoms with Gasteiger partial charge in [0.25, 0.3) is 0 Å². The summed E-state index contributed by atoms with van der Waals surface area (Å²) in [5.74, 6) is 1.35. The molecule has 140 valence electrons. The second-order valence-electron chi connectivity index (χ2n) is 6.47. The van der Waals surface area contributed by atoms with E-state index in [9.17, 15) is 0 Å². The summed E-state index contributed by atoms with van der Waals surface area (Å²) in [6.45, 7) is 6.16. The van der Waals surface area contributed by atoms with Gasteiger partial charge in [0, 0.05) is 30.6 Å². The molecular formula is C25H24N2O. The second-order valence-corrected chi connectivity index (χ2v) is 6.47. The number of aromatic nitrogens is 2. The van der Waals surface area contributed by atoms with Gasteiger partial charge in [-0.05, 0) is 54.8 Å². The van der Waals surface area contributed by atoms with Gasteiger partial charge in [-0.15, -0.1) is 0 Å². The maximum Gasteiger partial charge on any atom is 0.219 e. The van der Waals surface area contributed by atoms with Crippen LogP contribution in [-0.4, -0.2) is 9.97 Å². The molecule has 0 saturated heterocycles. The normalized spacial score (nSPS) is 11.2. The topological polar surface area (TPSA) is 35.0 Å². The SMILES string of the molecule is C=C(/C=C\C=C/C)Cc1cc(Cc2ccccn2)cc(Oc2ccccn2)c1. The predicted molar refractivity (Wildman–Crippen MR) is 115 cm³/mol. The van der Waals surface area contributed by atoms with Crippen LogP contribution in [0.3, 0.4) is 0 Å². The summed E-state index contributed by atoms with van der Waals surface area (Å²) in [5.41, 5.74) is 4.36. The number of pyridine rings is 2. The fraction of sp³-hybridized carbons (Fsp3) is 0.120. The molecular weight excluding hydrogens is 344 g/mol. The van der Waals surface area contributed by atoms with E-state index in [2.05, 4.69) is 22.6 Å². The van der Waals surface area contributed by atoms with Gasteiger partial charge in [-0.1, -0.05) is 54.7 Å². The number of benzene rings is 1. The van der Waals surface area contributed by atoms with E-state index >= 15 is 0 Å². The van der Waals surface area contributed by atoms with Gasteiger partial charge in [-0.2, -0.15) is 0 Å². The summed E-state index contributed by atoms with van der Waals surface area (Å²) in [4.78, 5) is 8.70. The Labute approximate surface area is 166 Å². The highest BCUT2D eigenvalue weighted by Crippen LogP contribution is 2.25. The molecule has 3 heteroatoms. The number of ether oxygens (including phenoxy) is 1. The zero-order chi connectivity index (χ0) is 19.6. The Hall–Kier alpha value is -3.46. The molecule has 3 aromatic rings. The molecule has 3 nitrogen and oxygen atoms in total. The number of hydrogen-bond donors (Lipinski definition) is 0. The molecule has 28 heavy (non-hydrogen) atoms. The summed E-state index contributed by atoms with van der Waals surface area (Å²) < 4.78 is 5.99. The highest BCUT2D eigenvalue weighted by molar-refractivity contribution is 5.40. The molecule has 0 bridgehead atoms. The van der Waals surface area contributed by atoms with Gasteiger partial charge < -0.3 is 4.74 Å². The fourth-order valence-corrected chi connectivity index (χ4v) is 2.86. The first-order valence-electron chi connectivity index (χ1n) is 9.32. The number of rotatable bonds is 8. The minimum atomic E-state index is 0.579. The van der Waals surface area contributed by atoms with Crippen LogP contribution in [0.25, 0.3) is 0 Å². The zero-order valence-electron chi connectivity index (χ0n) is 16.1. The van der Waals surface area contributed by atoms with Crippen molar-refractivity contribution < 1.29 is 4.74 Å². The number of hydrogen-bond acceptors (Lipinski definition) is 3. The van der Waals surface area contributed by atoms with Crippen LogP contribution < -0.4 is 4.74 Å². The monoisotopic (exact) mass is 368 g/mol. The van der Waals surface area contributed by atoms with Crippen LogP contribution in [0.5, 0.6) is 11.6 Å². The van der Waals surface area contributed by atoms with Crippen molar-refractivity contribution in [3.05, 3.63) is 120 Å². The highest BCUT2D eigenvalue weighted by Gasteiger charge is 2.07. The molecule has 0 aliphatic carbocycles. The molecule has 0 unspecified atom stereocenters. The summed E-state index contributed by atoms with van der Waals surface area (Å²) >= 11 is 0. The van der Waals surface area contributed by atoms with Gasteiger partial charge in [-0.3, -0.25) is 4.98 Å². The summed E-state index contributed by atoms with van der Waals surface area (Å²) in [5, 5.41) is 0. The maximum atomic E-state index is 5.99. The van der Waals surface area contributed by atoms with E-state index in [4.69, 9.17) is 4.74 Å². The molecule has 0 aliphatic heterocycles. The average molecular weight is 368 g/mol. The summed E-state index contributed by atoms with van der Waals surface area (Å²) in [6, 6.07) is 17.9. The first-order chi connectivity index (χ1) is 13.7. The lowest BCUT2D eigenvalue weighted by Gasteiger charge is -2.11. The standard InChI is InChI=1S/C25H24N2O/c1-3-4-5-10-20(2)15-21-16-22(17-23-11-6-8-13-26-23)19-24(18-21)28-25-12-7-9-14-27-25/h3-14,16,18-19H,2,15,17H2,1H3/b4-3-,10-5-. The van der Waals surface area contributed by atoms with Crippen LogP contribution in [0.1, 0.15) is 23.7 Å². The van der Waals surface area contributed by atoms with Gasteiger partial charge >= 0.3 is 0 Å². The second kappa shape index (κ2) is 10.0. The third kappa shape index (κ3) is 6.06. The molecule has 0 amide bonds. The van der Waals surface area contributed by atoms with E-state index in [1.807, 2.05) is 86.0 Å². The van der Waals surface area contributed by atoms with Crippen molar-refractivity contribution in [3.63, 3.8) is 0 Å². The Bertz CT molecular complexity index is 901. The van der Waals surface area contributed by atoms with E-state index in [1.54, 1.807) is 6.20 Å². The van der Waals surface area contributed by atoms with Crippen molar-refractivity contribution in [1.82, 2.24) is 9.97 Å². The largest absolute Gasteiger partial charge is 0.439 e. The molecule has 3 rings (SSSR count). The fourth-order valence-electron chi connectivity index (χ4n) is 2.86. The van der Waals surface area contributed by atoms with Gasteiger partial charge in [-0.25, -0.2) is 4.98 Å². The Morgan fingerprint density at radius 2 is 1.75 bits per heavy atom. The van der Waals surface area contributed by atoms with Gasteiger partial charge in [0.1, 0.15) is 5.75 Å². The predicted octanol–water partition coefficient (Wildman–Crippen LogP) is 6.09. The minimum absolute atomic E-state index is 0.579. The lowest BCUT2D eigenvalue weighted by molar-refractivity contribution is 0.462. The first-order valence-corrected chi connectivity index (χ1v) is 9.32. The summed E-state index contributed by atoms with van der Waals surface area (Å²) in [7, 11) is 0. The van der Waals surface area contributed by atoms with E-state index in [-0.39, 0.29) is 0 Å². The highest BCUT2D eigenvalue weighted by atomic mass is 16.5. The third-order valence-electron chi connectivity index (χ3n) is 4.06. The van der Waals surface area contributed by atoms with Crippen LogP contribution >= 0.6 is 0 Å². The van der Waals surface area contributed by atoms with Crippen molar-refractivity contribution in [2.45, 2.75) is 19.8 Å². The van der Waals surface area contributed by atoms with Gasteiger partial charge in [0.05, 0.1) is 0 Å². The Morgan fingerprint density at radius 3 is 2.46 bits per heavy atom. The molecule has 1 aromatic carbocycles. The zero-order valence-corrected chi connectivity index (χ0v) is 16.1. The van der Waals surface area contributed by atoms with Crippen LogP contribution in [0.15, 0.2) is 103 Å². The molecule has 0 saturated carbocycles. The van der Waals surface area contributed by atoms with E-state index in [1.165, 1.54) is 0 Å². The Balaban J connectivity index is 1.85. The van der Waals surface area contributed by atoms with E-state index < -0.39 is 0 Å². The molecule has 0 radical (unpaired) electrons. The van der Waals surface area contributed by atoms with Crippen LogP contribution in [0.2, 0.25) is 0 Å². The van der Waals surface area contributed by atoms with E-state index in [0.29, 0.717) is 5.88 Å². The maximum absolute atomic E-state index is 5.99. The molecule has 0 fully saturated rings. The van der Waals surface area contributed by atoms with Crippen molar-refractivity contribution in [1.29, 1.82) is 0 Å². The first kappa shape index (κ1) is 19.3. The number of nitrogens with zero attached hydrogens (tertiary/aromatic N) is 2.